The Morgan fingerprint density at radius 1 is 1.13 bits per heavy atom. The maximum absolute atomic E-state index is 12.5. The van der Waals surface area contributed by atoms with E-state index >= 15 is 0 Å². The van der Waals surface area contributed by atoms with Gasteiger partial charge in [-0.2, -0.15) is 0 Å². The zero-order valence-electron chi connectivity index (χ0n) is 16.8. The van der Waals surface area contributed by atoms with Crippen LogP contribution in [0.15, 0.2) is 30.3 Å². The third-order valence-corrected chi connectivity index (χ3v) is 6.01. The van der Waals surface area contributed by atoms with Gasteiger partial charge in [0.2, 0.25) is 10.0 Å². The maximum atomic E-state index is 12.5. The molecule has 3 aromatic rings. The van der Waals surface area contributed by atoms with E-state index in [0.29, 0.717) is 35.6 Å². The first-order valence-electron chi connectivity index (χ1n) is 9.27. The highest BCUT2D eigenvalue weighted by atomic mass is 35.5. The predicted molar refractivity (Wildman–Crippen MR) is 120 cm³/mol. The summed E-state index contributed by atoms with van der Waals surface area (Å²) < 4.78 is 30.8. The smallest absolute Gasteiger partial charge is 0.281 e. The number of rotatable bonds is 7. The Balaban J connectivity index is 1.79. The van der Waals surface area contributed by atoms with E-state index in [1.54, 1.807) is 18.2 Å². The number of hydrogen-bond donors (Lipinski definition) is 2. The molecule has 0 saturated heterocycles. The molecule has 3 rings (SSSR count). The number of fused-ring (bicyclic) bond motifs is 1. The van der Waals surface area contributed by atoms with Gasteiger partial charge >= 0.3 is 0 Å². The van der Waals surface area contributed by atoms with Crippen LogP contribution in [0.3, 0.4) is 0 Å². The zero-order valence-corrected chi connectivity index (χ0v) is 19.1. The monoisotopic (exact) mass is 468 g/mol. The summed E-state index contributed by atoms with van der Waals surface area (Å²) in [6, 6.07) is 8.98. The standard InChI is InChI=1S/C21H22Cl2N2O4S/c1-12-9-15(10-13(2)19(12)23)29-8-4-5-16-17-11-14(22)6-7-18(17)24-20(16)21(26)25-30(3,27)28/h6-7,9-11,24H,4-5,8H2,1-3H3,(H,25,26). The van der Waals surface area contributed by atoms with E-state index in [0.717, 1.165) is 33.5 Å². The van der Waals surface area contributed by atoms with Gasteiger partial charge in [-0.1, -0.05) is 23.2 Å². The van der Waals surface area contributed by atoms with Crippen molar-refractivity contribution in [3.63, 3.8) is 0 Å². The molecule has 0 saturated carbocycles. The molecule has 2 aromatic carbocycles. The Morgan fingerprint density at radius 3 is 2.43 bits per heavy atom. The van der Waals surface area contributed by atoms with E-state index < -0.39 is 15.9 Å². The summed E-state index contributed by atoms with van der Waals surface area (Å²) >= 11 is 12.3. The zero-order chi connectivity index (χ0) is 22.1. The molecule has 0 fully saturated rings. The minimum Gasteiger partial charge on any atom is -0.494 e. The second-order valence-electron chi connectivity index (χ2n) is 7.19. The van der Waals surface area contributed by atoms with E-state index in [1.165, 1.54) is 0 Å². The molecule has 1 heterocycles. The van der Waals surface area contributed by atoms with Crippen LogP contribution in [0, 0.1) is 13.8 Å². The highest BCUT2D eigenvalue weighted by Crippen LogP contribution is 2.28. The number of ether oxygens (including phenoxy) is 1. The van der Waals surface area contributed by atoms with Gasteiger partial charge in [0.25, 0.3) is 5.91 Å². The first-order chi connectivity index (χ1) is 14.0. The Morgan fingerprint density at radius 2 is 1.80 bits per heavy atom. The highest BCUT2D eigenvalue weighted by molar-refractivity contribution is 7.89. The average Bonchev–Trinajstić information content (AvgIpc) is 3.00. The van der Waals surface area contributed by atoms with Crippen LogP contribution >= 0.6 is 23.2 Å². The summed E-state index contributed by atoms with van der Waals surface area (Å²) in [7, 11) is -3.69. The first kappa shape index (κ1) is 22.5. The molecule has 9 heteroatoms. The van der Waals surface area contributed by atoms with Crippen LogP contribution in [-0.2, 0) is 16.4 Å². The van der Waals surface area contributed by atoms with Crippen molar-refractivity contribution < 1.29 is 17.9 Å². The molecule has 1 aromatic heterocycles. The summed E-state index contributed by atoms with van der Waals surface area (Å²) in [5, 5.41) is 2.03. The molecule has 0 aliphatic heterocycles. The van der Waals surface area contributed by atoms with Crippen molar-refractivity contribution in [3.8, 4) is 5.75 Å². The van der Waals surface area contributed by atoms with Gasteiger partial charge in [0.15, 0.2) is 0 Å². The summed E-state index contributed by atoms with van der Waals surface area (Å²) in [4.78, 5) is 15.5. The topological polar surface area (TPSA) is 88.3 Å². The van der Waals surface area contributed by atoms with E-state index in [2.05, 4.69) is 4.98 Å². The molecule has 0 radical (unpaired) electrons. The fraction of sp³-hybridized carbons (Fsp3) is 0.286. The van der Waals surface area contributed by atoms with Gasteiger partial charge in [-0.25, -0.2) is 13.1 Å². The third kappa shape index (κ3) is 5.28. The number of carbonyl (C=O) groups excluding carboxylic acids is 1. The van der Waals surface area contributed by atoms with Gasteiger partial charge in [-0.15, -0.1) is 0 Å². The van der Waals surface area contributed by atoms with Crippen molar-refractivity contribution in [1.82, 2.24) is 9.71 Å². The molecule has 0 bridgehead atoms. The molecule has 0 aliphatic rings. The van der Waals surface area contributed by atoms with Crippen LogP contribution in [0.25, 0.3) is 10.9 Å². The highest BCUT2D eigenvalue weighted by Gasteiger charge is 2.20. The number of halogens is 2. The number of aryl methyl sites for hydroxylation is 3. The summed E-state index contributed by atoms with van der Waals surface area (Å²) in [6.45, 7) is 4.26. The number of hydrogen-bond acceptors (Lipinski definition) is 4. The summed E-state index contributed by atoms with van der Waals surface area (Å²) in [5.41, 5.74) is 3.49. The number of benzene rings is 2. The van der Waals surface area contributed by atoms with Crippen molar-refractivity contribution >= 4 is 50.0 Å². The van der Waals surface area contributed by atoms with Gasteiger partial charge in [0.05, 0.1) is 12.9 Å². The quantitative estimate of drug-likeness (QED) is 0.487. The minimum atomic E-state index is -3.69. The van der Waals surface area contributed by atoms with E-state index in [1.807, 2.05) is 30.7 Å². The Labute approximate surface area is 185 Å². The molecule has 2 N–H and O–H groups in total. The first-order valence-corrected chi connectivity index (χ1v) is 11.9. The molecule has 0 spiro atoms. The SMILES string of the molecule is Cc1cc(OCCCc2c(C(=O)NS(C)(=O)=O)[nH]c3ccc(Cl)cc23)cc(C)c1Cl. The van der Waals surface area contributed by atoms with Crippen LogP contribution < -0.4 is 9.46 Å². The van der Waals surface area contributed by atoms with Crippen molar-refractivity contribution in [1.29, 1.82) is 0 Å². The van der Waals surface area contributed by atoms with Gasteiger partial charge in [-0.3, -0.25) is 4.79 Å². The summed E-state index contributed by atoms with van der Waals surface area (Å²) in [5.74, 6) is 0.0242. The number of nitrogens with one attached hydrogen (secondary N) is 2. The molecule has 6 nitrogen and oxygen atoms in total. The minimum absolute atomic E-state index is 0.205. The van der Waals surface area contributed by atoms with E-state index in [-0.39, 0.29) is 5.69 Å². The van der Waals surface area contributed by atoms with Crippen molar-refractivity contribution in [2.24, 2.45) is 0 Å². The molecular formula is C21H22Cl2N2O4S. The summed E-state index contributed by atoms with van der Waals surface area (Å²) in [6.07, 6.45) is 2.05. The maximum Gasteiger partial charge on any atom is 0.281 e. The molecular weight excluding hydrogens is 447 g/mol. The second kappa shape index (κ2) is 8.88. The number of aromatic amines is 1. The molecule has 1 amide bonds. The fourth-order valence-electron chi connectivity index (χ4n) is 3.32. The largest absolute Gasteiger partial charge is 0.494 e. The fourth-order valence-corrected chi connectivity index (χ4v) is 4.04. The molecule has 160 valence electrons. The second-order valence-corrected chi connectivity index (χ2v) is 9.76. The molecule has 0 atom stereocenters. The lowest BCUT2D eigenvalue weighted by Gasteiger charge is -2.10. The van der Waals surface area contributed by atoms with Gasteiger partial charge in [0, 0.05) is 20.9 Å². The van der Waals surface area contributed by atoms with E-state index in [9.17, 15) is 13.2 Å². The van der Waals surface area contributed by atoms with Crippen LogP contribution in [0.2, 0.25) is 10.0 Å². The predicted octanol–water partition coefficient (Wildman–Crippen LogP) is 4.79. The van der Waals surface area contributed by atoms with Gasteiger partial charge in [0.1, 0.15) is 11.4 Å². The number of amides is 1. The van der Waals surface area contributed by atoms with Gasteiger partial charge < -0.3 is 9.72 Å². The van der Waals surface area contributed by atoms with Crippen molar-refractivity contribution in [2.75, 3.05) is 12.9 Å². The van der Waals surface area contributed by atoms with Crippen LogP contribution in [0.4, 0.5) is 0 Å². The lowest BCUT2D eigenvalue weighted by atomic mass is 10.1. The normalized spacial score (nSPS) is 11.6. The van der Waals surface area contributed by atoms with Crippen LogP contribution in [-0.4, -0.2) is 32.2 Å². The number of H-pyrrole nitrogens is 1. The Kier molecular flexibility index (Phi) is 6.65. The lowest BCUT2D eigenvalue weighted by Crippen LogP contribution is -2.30. The number of carbonyl (C=O) groups is 1. The van der Waals surface area contributed by atoms with Gasteiger partial charge in [-0.05, 0) is 73.7 Å². The van der Waals surface area contributed by atoms with Crippen molar-refractivity contribution in [3.05, 3.63) is 62.8 Å². The Bertz CT molecular complexity index is 1200. The number of sulfonamides is 1. The Hall–Kier alpha value is -2.22. The third-order valence-electron chi connectivity index (χ3n) is 4.62. The molecule has 0 aliphatic carbocycles. The van der Waals surface area contributed by atoms with Crippen LogP contribution in [0.5, 0.6) is 5.75 Å². The molecule has 30 heavy (non-hydrogen) atoms. The van der Waals surface area contributed by atoms with Crippen LogP contribution in [0.1, 0.15) is 33.6 Å². The van der Waals surface area contributed by atoms with Crippen molar-refractivity contribution in [2.45, 2.75) is 26.7 Å². The number of aromatic nitrogens is 1. The van der Waals surface area contributed by atoms with E-state index in [4.69, 9.17) is 27.9 Å². The average molecular weight is 469 g/mol. The lowest BCUT2D eigenvalue weighted by molar-refractivity contribution is 0.0976. The molecule has 0 unspecified atom stereocenters.